The Bertz CT molecular complexity index is 559. The van der Waals surface area contributed by atoms with Crippen molar-refractivity contribution < 1.29 is 4.39 Å². The Labute approximate surface area is 118 Å². The highest BCUT2D eigenvalue weighted by Crippen LogP contribution is 2.14. The van der Waals surface area contributed by atoms with Crippen LogP contribution in [0.15, 0.2) is 36.7 Å². The van der Waals surface area contributed by atoms with Crippen molar-refractivity contribution in [3.63, 3.8) is 0 Å². The van der Waals surface area contributed by atoms with Crippen LogP contribution in [0, 0.1) is 5.82 Å². The zero-order valence-corrected chi connectivity index (χ0v) is 11.8. The van der Waals surface area contributed by atoms with E-state index in [0.29, 0.717) is 18.7 Å². The van der Waals surface area contributed by atoms with Gasteiger partial charge >= 0.3 is 0 Å². The molecule has 0 fully saturated rings. The fourth-order valence-corrected chi connectivity index (χ4v) is 1.88. The average molecular weight is 274 g/mol. The maximum Gasteiger partial charge on any atom is 0.147 e. The zero-order chi connectivity index (χ0) is 14.4. The molecular formula is C15H19FN4. The van der Waals surface area contributed by atoms with Gasteiger partial charge in [0.05, 0.1) is 11.9 Å². The van der Waals surface area contributed by atoms with E-state index in [0.717, 1.165) is 18.1 Å². The number of anilines is 1. The number of aromatic nitrogens is 2. The SMILES string of the molecule is CCNCc1cncc(N(C)Cc2ccccc2F)n1. The molecule has 0 unspecified atom stereocenters. The standard InChI is InChI=1S/C15H19FN4/c1-3-17-8-13-9-18-10-15(19-13)20(2)11-12-6-4-5-7-14(12)16/h4-7,9-10,17H,3,8,11H2,1-2H3. The van der Waals surface area contributed by atoms with E-state index in [1.807, 2.05) is 24.9 Å². The molecule has 2 aromatic rings. The third-order valence-electron chi connectivity index (χ3n) is 2.98. The first-order chi connectivity index (χ1) is 9.70. The lowest BCUT2D eigenvalue weighted by atomic mass is 10.2. The van der Waals surface area contributed by atoms with Crippen molar-refractivity contribution in [3.8, 4) is 0 Å². The maximum absolute atomic E-state index is 13.6. The van der Waals surface area contributed by atoms with Gasteiger partial charge in [-0.25, -0.2) is 9.37 Å². The van der Waals surface area contributed by atoms with Crippen molar-refractivity contribution in [3.05, 3.63) is 53.7 Å². The molecule has 0 atom stereocenters. The first-order valence-electron chi connectivity index (χ1n) is 6.67. The summed E-state index contributed by atoms with van der Waals surface area (Å²) in [7, 11) is 1.88. The smallest absolute Gasteiger partial charge is 0.147 e. The summed E-state index contributed by atoms with van der Waals surface area (Å²) in [5, 5.41) is 3.21. The van der Waals surface area contributed by atoms with Crippen LogP contribution >= 0.6 is 0 Å². The Hall–Kier alpha value is -2.01. The number of halogens is 1. The third kappa shape index (κ3) is 3.74. The van der Waals surface area contributed by atoms with Gasteiger partial charge < -0.3 is 10.2 Å². The Morgan fingerprint density at radius 2 is 2.05 bits per heavy atom. The van der Waals surface area contributed by atoms with Crippen LogP contribution in [0.4, 0.5) is 10.2 Å². The van der Waals surface area contributed by atoms with Crippen LogP contribution in [-0.4, -0.2) is 23.6 Å². The molecule has 2 rings (SSSR count). The molecule has 1 aromatic carbocycles. The van der Waals surface area contributed by atoms with Gasteiger partial charge in [0.1, 0.15) is 11.6 Å². The van der Waals surface area contributed by atoms with Gasteiger partial charge in [-0.15, -0.1) is 0 Å². The first kappa shape index (κ1) is 14.4. The summed E-state index contributed by atoms with van der Waals surface area (Å²) in [4.78, 5) is 10.6. The normalized spacial score (nSPS) is 10.6. The molecular weight excluding hydrogens is 255 g/mol. The van der Waals surface area contributed by atoms with Gasteiger partial charge in [-0.2, -0.15) is 0 Å². The van der Waals surface area contributed by atoms with Crippen molar-refractivity contribution in [1.82, 2.24) is 15.3 Å². The van der Waals surface area contributed by atoms with Gasteiger partial charge in [0, 0.05) is 31.9 Å². The van der Waals surface area contributed by atoms with Crippen LogP contribution in [0.5, 0.6) is 0 Å². The van der Waals surface area contributed by atoms with Gasteiger partial charge in [0.15, 0.2) is 0 Å². The monoisotopic (exact) mass is 274 g/mol. The second-order valence-corrected chi connectivity index (χ2v) is 4.60. The van der Waals surface area contributed by atoms with Gasteiger partial charge in [0.2, 0.25) is 0 Å². The van der Waals surface area contributed by atoms with Crippen LogP contribution in [0.3, 0.4) is 0 Å². The summed E-state index contributed by atoms with van der Waals surface area (Å²) < 4.78 is 13.6. The van der Waals surface area contributed by atoms with Crippen molar-refractivity contribution >= 4 is 5.82 Å². The van der Waals surface area contributed by atoms with Crippen molar-refractivity contribution in [2.45, 2.75) is 20.0 Å². The average Bonchev–Trinajstić information content (AvgIpc) is 2.48. The van der Waals surface area contributed by atoms with E-state index >= 15 is 0 Å². The number of rotatable bonds is 6. The van der Waals surface area contributed by atoms with Gasteiger partial charge in [-0.3, -0.25) is 4.98 Å². The van der Waals surface area contributed by atoms with E-state index in [1.54, 1.807) is 24.5 Å². The molecule has 0 saturated carbocycles. The number of nitrogens with zero attached hydrogens (tertiary/aromatic N) is 3. The lowest BCUT2D eigenvalue weighted by Crippen LogP contribution is -2.20. The van der Waals surface area contributed by atoms with Crippen LogP contribution in [-0.2, 0) is 13.1 Å². The second kappa shape index (κ2) is 6.96. The molecule has 0 saturated heterocycles. The van der Waals surface area contributed by atoms with Crippen LogP contribution in [0.1, 0.15) is 18.2 Å². The summed E-state index contributed by atoms with van der Waals surface area (Å²) in [6.07, 6.45) is 3.43. The molecule has 1 N–H and O–H groups in total. The van der Waals surface area contributed by atoms with Crippen LogP contribution < -0.4 is 10.2 Å². The summed E-state index contributed by atoms with van der Waals surface area (Å²) >= 11 is 0. The number of benzene rings is 1. The fourth-order valence-electron chi connectivity index (χ4n) is 1.88. The summed E-state index contributed by atoms with van der Waals surface area (Å²) in [6.45, 7) is 4.08. The highest BCUT2D eigenvalue weighted by Gasteiger charge is 2.08. The van der Waals surface area contributed by atoms with Gasteiger partial charge in [0.25, 0.3) is 0 Å². The summed E-state index contributed by atoms with van der Waals surface area (Å²) in [6, 6.07) is 6.77. The Morgan fingerprint density at radius 1 is 1.25 bits per heavy atom. The zero-order valence-electron chi connectivity index (χ0n) is 11.8. The Morgan fingerprint density at radius 3 is 2.80 bits per heavy atom. The molecule has 1 heterocycles. The van der Waals surface area contributed by atoms with Crippen molar-refractivity contribution in [1.29, 1.82) is 0 Å². The highest BCUT2D eigenvalue weighted by atomic mass is 19.1. The lowest BCUT2D eigenvalue weighted by Gasteiger charge is -2.18. The van der Waals surface area contributed by atoms with Gasteiger partial charge in [-0.05, 0) is 12.6 Å². The molecule has 106 valence electrons. The molecule has 0 aliphatic rings. The molecule has 0 amide bonds. The topological polar surface area (TPSA) is 41.1 Å². The van der Waals surface area contributed by atoms with E-state index in [4.69, 9.17) is 0 Å². The maximum atomic E-state index is 13.6. The molecule has 0 bridgehead atoms. The molecule has 0 aliphatic carbocycles. The lowest BCUT2D eigenvalue weighted by molar-refractivity contribution is 0.607. The van der Waals surface area contributed by atoms with Crippen molar-refractivity contribution in [2.75, 3.05) is 18.5 Å². The predicted octanol–water partition coefficient (Wildman–Crippen LogP) is 2.36. The summed E-state index contributed by atoms with van der Waals surface area (Å²) in [5.74, 6) is 0.541. The largest absolute Gasteiger partial charge is 0.354 e. The third-order valence-corrected chi connectivity index (χ3v) is 2.98. The number of hydrogen-bond donors (Lipinski definition) is 1. The summed E-state index contributed by atoms with van der Waals surface area (Å²) in [5.41, 5.74) is 1.53. The van der Waals surface area contributed by atoms with E-state index in [2.05, 4.69) is 15.3 Å². The Balaban J connectivity index is 2.09. The minimum Gasteiger partial charge on any atom is -0.354 e. The fraction of sp³-hybridized carbons (Fsp3) is 0.333. The first-order valence-corrected chi connectivity index (χ1v) is 6.67. The molecule has 0 spiro atoms. The predicted molar refractivity (Wildman–Crippen MR) is 77.9 cm³/mol. The minimum absolute atomic E-state index is 0.198. The molecule has 1 aromatic heterocycles. The molecule has 0 aliphatic heterocycles. The minimum atomic E-state index is -0.198. The van der Waals surface area contributed by atoms with Crippen molar-refractivity contribution in [2.24, 2.45) is 0 Å². The molecule has 20 heavy (non-hydrogen) atoms. The van der Waals surface area contributed by atoms with E-state index in [-0.39, 0.29) is 5.82 Å². The van der Waals surface area contributed by atoms with Crippen LogP contribution in [0.25, 0.3) is 0 Å². The van der Waals surface area contributed by atoms with E-state index < -0.39 is 0 Å². The second-order valence-electron chi connectivity index (χ2n) is 4.60. The molecule has 5 heteroatoms. The molecule has 4 nitrogen and oxygen atoms in total. The van der Waals surface area contributed by atoms with E-state index in [1.165, 1.54) is 6.07 Å². The van der Waals surface area contributed by atoms with Gasteiger partial charge in [-0.1, -0.05) is 25.1 Å². The number of nitrogens with one attached hydrogen (secondary N) is 1. The van der Waals surface area contributed by atoms with E-state index in [9.17, 15) is 4.39 Å². The highest BCUT2D eigenvalue weighted by molar-refractivity contribution is 5.37. The Kier molecular flexibility index (Phi) is 5.01. The quantitative estimate of drug-likeness (QED) is 0.878. The number of hydrogen-bond acceptors (Lipinski definition) is 4. The van der Waals surface area contributed by atoms with Crippen LogP contribution in [0.2, 0.25) is 0 Å². The molecule has 0 radical (unpaired) electrons.